The molecule has 23 heavy (non-hydrogen) atoms. The summed E-state index contributed by atoms with van der Waals surface area (Å²) < 4.78 is 21.7. The predicted molar refractivity (Wildman–Crippen MR) is 86.0 cm³/mol. The Morgan fingerprint density at radius 3 is 1.83 bits per heavy atom. The van der Waals surface area contributed by atoms with E-state index in [9.17, 15) is 4.79 Å². The zero-order valence-corrected chi connectivity index (χ0v) is 15.1. The summed E-state index contributed by atoms with van der Waals surface area (Å²) in [4.78, 5) is 10.7. The van der Waals surface area contributed by atoms with Crippen molar-refractivity contribution in [1.82, 2.24) is 0 Å². The van der Waals surface area contributed by atoms with Crippen LogP contribution in [0.15, 0.2) is 0 Å². The normalized spacial score (nSPS) is 28.3. The zero-order valence-electron chi connectivity index (χ0n) is 15.1. The van der Waals surface area contributed by atoms with Crippen molar-refractivity contribution in [2.24, 2.45) is 0 Å². The second kappa shape index (κ2) is 9.08. The van der Waals surface area contributed by atoms with E-state index in [0.717, 1.165) is 19.3 Å². The summed E-state index contributed by atoms with van der Waals surface area (Å²) in [5.41, 5.74) is 0. The molecular formula is C17H32O6. The van der Waals surface area contributed by atoms with Gasteiger partial charge in [-0.15, -0.1) is 0 Å². The van der Waals surface area contributed by atoms with Crippen LogP contribution in [0.4, 0.5) is 0 Å². The molecule has 6 nitrogen and oxygen atoms in total. The van der Waals surface area contributed by atoms with Crippen LogP contribution in [-0.2, 0) is 23.7 Å². The van der Waals surface area contributed by atoms with Crippen LogP contribution in [0.1, 0.15) is 60.3 Å². The first-order valence-electron chi connectivity index (χ1n) is 8.37. The van der Waals surface area contributed by atoms with Gasteiger partial charge in [0.1, 0.15) is 5.78 Å². The third-order valence-electron chi connectivity index (χ3n) is 3.64. The van der Waals surface area contributed by atoms with Gasteiger partial charge in [0.2, 0.25) is 0 Å². The van der Waals surface area contributed by atoms with E-state index in [0.29, 0.717) is 19.6 Å². The quantitative estimate of drug-likeness (QED) is 0.805. The Morgan fingerprint density at radius 2 is 1.48 bits per heavy atom. The van der Waals surface area contributed by atoms with Gasteiger partial charge in [-0.1, -0.05) is 0 Å². The Hall–Kier alpha value is -0.530. The summed E-state index contributed by atoms with van der Waals surface area (Å²) in [5.74, 6) is -0.662. The molecule has 2 rings (SSSR count). The molecule has 2 heterocycles. The monoisotopic (exact) mass is 332 g/mol. The van der Waals surface area contributed by atoms with Gasteiger partial charge in [0.25, 0.3) is 0 Å². The minimum Gasteiger partial charge on any atom is -0.396 e. The lowest BCUT2D eigenvalue weighted by Gasteiger charge is -2.16. The molecule has 0 aliphatic carbocycles. The molecular weight excluding hydrogens is 300 g/mol. The highest BCUT2D eigenvalue weighted by atomic mass is 16.7. The van der Waals surface area contributed by atoms with Gasteiger partial charge in [-0.25, -0.2) is 0 Å². The largest absolute Gasteiger partial charge is 0.396 e. The van der Waals surface area contributed by atoms with Gasteiger partial charge in [-0.3, -0.25) is 0 Å². The van der Waals surface area contributed by atoms with E-state index >= 15 is 0 Å². The number of aliphatic hydroxyl groups excluding tert-OH is 1. The molecule has 0 unspecified atom stereocenters. The first-order valence-corrected chi connectivity index (χ1v) is 8.37. The van der Waals surface area contributed by atoms with Crippen molar-refractivity contribution in [3.05, 3.63) is 0 Å². The van der Waals surface area contributed by atoms with Gasteiger partial charge in [-0.05, 0) is 53.9 Å². The average Bonchev–Trinajstić information content (AvgIpc) is 2.96. The maximum absolute atomic E-state index is 10.7. The molecule has 6 heteroatoms. The van der Waals surface area contributed by atoms with Crippen LogP contribution in [-0.4, -0.2) is 54.5 Å². The SMILES string of the molecule is CC(=O)CC[C@H]1COC(C)(C)O1.CC1(C)OC[C@H](CCCO)O1. The van der Waals surface area contributed by atoms with Gasteiger partial charge in [-0.2, -0.15) is 0 Å². The van der Waals surface area contributed by atoms with E-state index in [1.165, 1.54) is 0 Å². The first kappa shape index (κ1) is 20.5. The first-order chi connectivity index (χ1) is 10.6. The smallest absolute Gasteiger partial charge is 0.163 e. The van der Waals surface area contributed by atoms with Crippen LogP contribution in [0, 0.1) is 0 Å². The lowest BCUT2D eigenvalue weighted by molar-refractivity contribution is -0.140. The molecule has 2 aliphatic rings. The molecule has 0 bridgehead atoms. The Bertz CT molecular complexity index is 366. The fraction of sp³-hybridized carbons (Fsp3) is 0.941. The minimum absolute atomic E-state index is 0.101. The summed E-state index contributed by atoms with van der Waals surface area (Å²) in [5, 5.41) is 8.56. The van der Waals surface area contributed by atoms with Crippen LogP contribution in [0.2, 0.25) is 0 Å². The lowest BCUT2D eigenvalue weighted by Crippen LogP contribution is -2.21. The van der Waals surface area contributed by atoms with Crippen molar-refractivity contribution >= 4 is 5.78 Å². The molecule has 0 aromatic heterocycles. The van der Waals surface area contributed by atoms with Crippen LogP contribution in [0.25, 0.3) is 0 Å². The van der Waals surface area contributed by atoms with E-state index in [1.807, 2.05) is 27.7 Å². The number of Topliss-reactive ketones (excluding diaryl/α,β-unsaturated/α-hetero) is 1. The van der Waals surface area contributed by atoms with Gasteiger partial charge < -0.3 is 28.8 Å². The molecule has 0 radical (unpaired) electrons. The van der Waals surface area contributed by atoms with Crippen LogP contribution >= 0.6 is 0 Å². The number of hydrogen-bond acceptors (Lipinski definition) is 6. The highest BCUT2D eigenvalue weighted by Gasteiger charge is 2.32. The Labute approximate surface area is 139 Å². The highest BCUT2D eigenvalue weighted by Crippen LogP contribution is 2.25. The molecule has 2 atom stereocenters. The van der Waals surface area contributed by atoms with Gasteiger partial charge in [0.05, 0.1) is 25.4 Å². The number of rotatable bonds is 6. The van der Waals surface area contributed by atoms with E-state index in [2.05, 4.69) is 0 Å². The predicted octanol–water partition coefficient (Wildman–Crippen LogP) is 2.42. The number of ketones is 1. The lowest BCUT2D eigenvalue weighted by atomic mass is 10.1. The number of hydrogen-bond donors (Lipinski definition) is 1. The van der Waals surface area contributed by atoms with Crippen molar-refractivity contribution in [3.63, 3.8) is 0 Å². The summed E-state index contributed by atoms with van der Waals surface area (Å²) in [6.45, 7) is 10.7. The maximum atomic E-state index is 10.7. The standard InChI is InChI=1S/C9H16O3.C8H16O3/c1-7(10)4-5-8-6-11-9(2,3)12-8;1-8(2)10-6-7(11-8)4-3-5-9/h8H,4-6H2,1-3H3;7,9H,3-6H2,1-2H3/t8-;7-/m00/s1. The van der Waals surface area contributed by atoms with Gasteiger partial charge >= 0.3 is 0 Å². The van der Waals surface area contributed by atoms with Crippen molar-refractivity contribution in [3.8, 4) is 0 Å². The van der Waals surface area contributed by atoms with Crippen molar-refractivity contribution < 1.29 is 28.8 Å². The van der Waals surface area contributed by atoms with E-state index < -0.39 is 11.6 Å². The molecule has 0 amide bonds. The van der Waals surface area contributed by atoms with Crippen molar-refractivity contribution in [2.75, 3.05) is 19.8 Å². The van der Waals surface area contributed by atoms with Crippen LogP contribution in [0.3, 0.4) is 0 Å². The summed E-state index contributed by atoms with van der Waals surface area (Å²) in [6.07, 6.45) is 3.33. The second-order valence-corrected chi connectivity index (χ2v) is 7.01. The number of carbonyl (C=O) groups is 1. The van der Waals surface area contributed by atoms with Gasteiger partial charge in [0, 0.05) is 13.0 Å². The molecule has 1 N–H and O–H groups in total. The molecule has 136 valence electrons. The third-order valence-corrected chi connectivity index (χ3v) is 3.64. The topological polar surface area (TPSA) is 74.2 Å². The molecule has 0 aromatic rings. The summed E-state index contributed by atoms with van der Waals surface area (Å²) in [7, 11) is 0. The van der Waals surface area contributed by atoms with Crippen molar-refractivity contribution in [2.45, 2.75) is 84.1 Å². The molecule has 0 saturated carbocycles. The second-order valence-electron chi connectivity index (χ2n) is 7.01. The van der Waals surface area contributed by atoms with Crippen LogP contribution in [0.5, 0.6) is 0 Å². The zero-order chi connectivity index (χ0) is 17.5. The summed E-state index contributed by atoms with van der Waals surface area (Å²) >= 11 is 0. The fourth-order valence-electron chi connectivity index (χ4n) is 2.49. The van der Waals surface area contributed by atoms with Crippen LogP contribution < -0.4 is 0 Å². The fourth-order valence-corrected chi connectivity index (χ4v) is 2.49. The molecule has 0 spiro atoms. The molecule has 2 saturated heterocycles. The number of ether oxygens (including phenoxy) is 4. The number of aliphatic hydroxyl groups is 1. The minimum atomic E-state index is -0.457. The highest BCUT2D eigenvalue weighted by molar-refractivity contribution is 5.75. The Kier molecular flexibility index (Phi) is 8.10. The third kappa shape index (κ3) is 8.77. The Balaban J connectivity index is 0.000000231. The van der Waals surface area contributed by atoms with E-state index in [1.54, 1.807) is 6.92 Å². The van der Waals surface area contributed by atoms with E-state index in [4.69, 9.17) is 24.1 Å². The Morgan fingerprint density at radius 1 is 1.00 bits per heavy atom. The van der Waals surface area contributed by atoms with E-state index in [-0.39, 0.29) is 24.6 Å². The molecule has 2 fully saturated rings. The molecule has 0 aromatic carbocycles. The summed E-state index contributed by atoms with van der Waals surface area (Å²) in [6, 6.07) is 0. The van der Waals surface area contributed by atoms with Crippen molar-refractivity contribution in [1.29, 1.82) is 0 Å². The number of carbonyl (C=O) groups excluding carboxylic acids is 1. The van der Waals surface area contributed by atoms with Gasteiger partial charge in [0.15, 0.2) is 11.6 Å². The average molecular weight is 332 g/mol. The molecule has 2 aliphatic heterocycles. The maximum Gasteiger partial charge on any atom is 0.163 e.